The van der Waals surface area contributed by atoms with Gasteiger partial charge in [0.1, 0.15) is 23.4 Å². The Morgan fingerprint density at radius 3 is 2.12 bits per heavy atom. The number of hydrogen-bond donors (Lipinski definition) is 4. The molecule has 0 aliphatic carbocycles. The van der Waals surface area contributed by atoms with Crippen LogP contribution in [0, 0.1) is 20.8 Å². The molecule has 0 aliphatic rings. The Morgan fingerprint density at radius 2 is 1.62 bits per heavy atom. The van der Waals surface area contributed by atoms with Crippen LogP contribution in [0.1, 0.15) is 75.8 Å². The smallest absolute Gasteiger partial charge is 0.408 e. The first-order chi connectivity index (χ1) is 18.5. The summed E-state index contributed by atoms with van der Waals surface area (Å²) in [5.74, 6) is -1.94. The molecule has 2 rings (SSSR count). The Balaban J connectivity index is 2.66. The van der Waals surface area contributed by atoms with Crippen LogP contribution in [0.4, 0.5) is 10.5 Å². The number of hydrogen-bond acceptors (Lipinski definition) is 6. The molecule has 10 nitrogen and oxygen atoms in total. The molecule has 0 bridgehead atoms. The van der Waals surface area contributed by atoms with E-state index in [1.807, 2.05) is 39.0 Å². The van der Waals surface area contributed by atoms with Gasteiger partial charge in [0.25, 0.3) is 5.91 Å². The molecule has 0 fully saturated rings. The number of carbonyl (C=O) groups excluding carboxylic acids is 4. The fourth-order valence-electron chi connectivity index (χ4n) is 4.32. The number of phenols is 1. The highest BCUT2D eigenvalue weighted by Crippen LogP contribution is 2.31. The van der Waals surface area contributed by atoms with Gasteiger partial charge in [0, 0.05) is 11.7 Å². The third-order valence-electron chi connectivity index (χ3n) is 6.51. The first-order valence-corrected chi connectivity index (χ1v) is 13.3. The number of amides is 4. The largest absolute Gasteiger partial charge is 0.508 e. The number of anilines is 1. The summed E-state index contributed by atoms with van der Waals surface area (Å²) in [5.41, 5.74) is 7.86. The zero-order chi connectivity index (χ0) is 30.4. The van der Waals surface area contributed by atoms with Crippen molar-refractivity contribution in [2.75, 3.05) is 5.32 Å². The third-order valence-corrected chi connectivity index (χ3v) is 6.51. The Bertz CT molecular complexity index is 1230. The highest BCUT2D eigenvalue weighted by molar-refractivity contribution is 6.00. The molecule has 0 saturated heterocycles. The standard InChI is InChI=1S/C30H42N4O6/c1-9-20(5)34(28(38)22(16-24(31)36)32-29(39)40-30(6,7)8)26(21-13-14-23(35)19(4)15-21)27(37)33-25-17(2)11-10-12-18(25)3/h10-15,20,22,26,35H,9,16H2,1-8H3,(H2,31,36)(H,32,39)(H,33,37). The number of primary amides is 1. The predicted molar refractivity (Wildman–Crippen MR) is 154 cm³/mol. The fourth-order valence-corrected chi connectivity index (χ4v) is 4.32. The van der Waals surface area contributed by atoms with Gasteiger partial charge in [-0.2, -0.15) is 0 Å². The van der Waals surface area contributed by atoms with Crippen molar-refractivity contribution >= 4 is 29.5 Å². The molecule has 0 aromatic heterocycles. The Morgan fingerprint density at radius 1 is 1.02 bits per heavy atom. The van der Waals surface area contributed by atoms with Crippen LogP contribution in [0.15, 0.2) is 36.4 Å². The van der Waals surface area contributed by atoms with E-state index in [1.165, 1.54) is 11.0 Å². The van der Waals surface area contributed by atoms with Crippen molar-refractivity contribution in [2.24, 2.45) is 5.73 Å². The normalized spacial score (nSPS) is 13.5. The van der Waals surface area contributed by atoms with Gasteiger partial charge < -0.3 is 31.1 Å². The molecule has 2 aromatic carbocycles. The van der Waals surface area contributed by atoms with Crippen molar-refractivity contribution < 1.29 is 29.0 Å². The van der Waals surface area contributed by atoms with Gasteiger partial charge in [-0.25, -0.2) is 4.79 Å². The lowest BCUT2D eigenvalue weighted by Gasteiger charge is -2.38. The van der Waals surface area contributed by atoms with E-state index < -0.39 is 54.0 Å². The van der Waals surface area contributed by atoms with Crippen LogP contribution in [0.5, 0.6) is 5.75 Å². The summed E-state index contributed by atoms with van der Waals surface area (Å²) in [4.78, 5) is 54.2. The molecule has 0 spiro atoms. The van der Waals surface area contributed by atoms with Crippen molar-refractivity contribution in [2.45, 2.75) is 92.0 Å². The SMILES string of the molecule is CCC(C)N(C(=O)C(CC(N)=O)NC(=O)OC(C)(C)C)C(C(=O)Nc1c(C)cccc1C)c1ccc(O)c(C)c1. The van der Waals surface area contributed by atoms with Gasteiger partial charge in [-0.15, -0.1) is 0 Å². The minimum atomic E-state index is -1.38. The van der Waals surface area contributed by atoms with Gasteiger partial charge in [0.15, 0.2) is 0 Å². The maximum Gasteiger partial charge on any atom is 0.408 e. The lowest BCUT2D eigenvalue weighted by Crippen LogP contribution is -2.55. The fraction of sp³-hybridized carbons (Fsp3) is 0.467. The van der Waals surface area contributed by atoms with E-state index in [-0.39, 0.29) is 5.75 Å². The molecule has 0 radical (unpaired) electrons. The van der Waals surface area contributed by atoms with Crippen LogP contribution in [-0.4, -0.2) is 51.5 Å². The van der Waals surface area contributed by atoms with E-state index in [2.05, 4.69) is 10.6 Å². The van der Waals surface area contributed by atoms with Crippen LogP contribution in [0.25, 0.3) is 0 Å². The average molecular weight is 555 g/mol. The van der Waals surface area contributed by atoms with Crippen LogP contribution in [0.3, 0.4) is 0 Å². The number of rotatable bonds is 10. The number of nitrogens with zero attached hydrogens (tertiary/aromatic N) is 1. The van der Waals surface area contributed by atoms with Gasteiger partial charge in [-0.3, -0.25) is 14.4 Å². The maximum absolute atomic E-state index is 14.2. The van der Waals surface area contributed by atoms with E-state index in [9.17, 15) is 24.3 Å². The number of aromatic hydroxyl groups is 1. The predicted octanol–water partition coefficient (Wildman–Crippen LogP) is 4.39. The lowest BCUT2D eigenvalue weighted by molar-refractivity contribution is -0.144. The second-order valence-electron chi connectivity index (χ2n) is 11.1. The molecule has 3 atom stereocenters. The van der Waals surface area contributed by atoms with Gasteiger partial charge in [-0.1, -0.05) is 31.2 Å². The molecule has 0 heterocycles. The molecule has 2 aromatic rings. The number of phenolic OH excluding ortho intramolecular Hbond substituents is 1. The molecule has 0 aliphatic heterocycles. The highest BCUT2D eigenvalue weighted by Gasteiger charge is 2.39. The van der Waals surface area contributed by atoms with E-state index in [0.29, 0.717) is 23.2 Å². The van der Waals surface area contributed by atoms with Gasteiger partial charge in [0.05, 0.1) is 6.42 Å². The Kier molecular flexibility index (Phi) is 10.7. The maximum atomic E-state index is 14.2. The summed E-state index contributed by atoms with van der Waals surface area (Å²) in [6.07, 6.45) is -0.926. The second-order valence-corrected chi connectivity index (χ2v) is 11.1. The molecular formula is C30H42N4O6. The van der Waals surface area contributed by atoms with Gasteiger partial charge >= 0.3 is 6.09 Å². The molecule has 40 heavy (non-hydrogen) atoms. The lowest BCUT2D eigenvalue weighted by atomic mass is 9.97. The van der Waals surface area contributed by atoms with Crippen LogP contribution < -0.4 is 16.4 Å². The van der Waals surface area contributed by atoms with Crippen LogP contribution in [-0.2, 0) is 19.1 Å². The van der Waals surface area contributed by atoms with Crippen LogP contribution >= 0.6 is 0 Å². The first kappa shape index (κ1) is 32.1. The van der Waals surface area contributed by atoms with Crippen molar-refractivity contribution in [3.8, 4) is 5.75 Å². The summed E-state index contributed by atoms with van der Waals surface area (Å²) in [6, 6.07) is 7.25. The van der Waals surface area contributed by atoms with Crippen molar-refractivity contribution in [3.63, 3.8) is 0 Å². The third kappa shape index (κ3) is 8.46. The number of ether oxygens (including phenoxy) is 1. The van der Waals surface area contributed by atoms with E-state index in [0.717, 1.165) is 11.1 Å². The van der Waals surface area contributed by atoms with Crippen molar-refractivity contribution in [1.29, 1.82) is 0 Å². The van der Waals surface area contributed by atoms with Crippen LogP contribution in [0.2, 0.25) is 0 Å². The van der Waals surface area contributed by atoms with E-state index >= 15 is 0 Å². The molecule has 4 amide bonds. The summed E-state index contributed by atoms with van der Waals surface area (Å²) < 4.78 is 5.31. The molecule has 5 N–H and O–H groups in total. The summed E-state index contributed by atoms with van der Waals surface area (Å²) in [7, 11) is 0. The Labute approximate surface area is 236 Å². The molecule has 0 saturated carbocycles. The number of benzene rings is 2. The summed E-state index contributed by atoms with van der Waals surface area (Å²) in [6.45, 7) is 14.1. The molecular weight excluding hydrogens is 512 g/mol. The van der Waals surface area contributed by atoms with Gasteiger partial charge in [-0.05, 0) is 89.3 Å². The topological polar surface area (TPSA) is 151 Å². The number of aryl methyl sites for hydroxylation is 3. The van der Waals surface area contributed by atoms with E-state index in [1.54, 1.807) is 46.8 Å². The minimum Gasteiger partial charge on any atom is -0.508 e. The number of nitrogens with two attached hydrogens (primary N) is 1. The van der Waals surface area contributed by atoms with Crippen molar-refractivity contribution in [3.05, 3.63) is 58.7 Å². The number of nitrogens with one attached hydrogen (secondary N) is 2. The monoisotopic (exact) mass is 554 g/mol. The molecule has 218 valence electrons. The zero-order valence-electron chi connectivity index (χ0n) is 24.6. The van der Waals surface area contributed by atoms with E-state index in [4.69, 9.17) is 10.5 Å². The quantitative estimate of drug-likeness (QED) is 0.342. The number of carbonyl (C=O) groups is 4. The second kappa shape index (κ2) is 13.3. The molecule has 10 heteroatoms. The number of alkyl carbamates (subject to hydrolysis) is 1. The first-order valence-electron chi connectivity index (χ1n) is 13.3. The summed E-state index contributed by atoms with van der Waals surface area (Å²) in [5, 5.41) is 15.6. The van der Waals surface area contributed by atoms with Crippen molar-refractivity contribution in [1.82, 2.24) is 10.2 Å². The summed E-state index contributed by atoms with van der Waals surface area (Å²) >= 11 is 0. The minimum absolute atomic E-state index is 0.0391. The average Bonchev–Trinajstić information content (AvgIpc) is 2.83. The highest BCUT2D eigenvalue weighted by atomic mass is 16.6. The van der Waals surface area contributed by atoms with Gasteiger partial charge in [0.2, 0.25) is 11.8 Å². The Hall–Kier alpha value is -4.08. The zero-order valence-corrected chi connectivity index (χ0v) is 24.6. The number of para-hydroxylation sites is 1. The molecule has 3 unspecified atom stereocenters.